The van der Waals surface area contributed by atoms with Gasteiger partial charge in [0.15, 0.2) is 0 Å². The van der Waals surface area contributed by atoms with E-state index in [4.69, 9.17) is 9.15 Å². The van der Waals surface area contributed by atoms with Gasteiger partial charge < -0.3 is 14.1 Å². The van der Waals surface area contributed by atoms with Crippen molar-refractivity contribution >= 4 is 22.6 Å². The molecule has 0 spiro atoms. The van der Waals surface area contributed by atoms with Crippen molar-refractivity contribution in [3.8, 4) is 5.75 Å². The van der Waals surface area contributed by atoms with Crippen LogP contribution in [0.2, 0.25) is 0 Å². The molecule has 6 heteroatoms. The molecular weight excluding hydrogens is 416 g/mol. The normalized spacial score (nSPS) is 18.8. The molecule has 1 unspecified atom stereocenters. The van der Waals surface area contributed by atoms with Crippen LogP contribution in [-0.4, -0.2) is 36.5 Å². The zero-order valence-corrected chi connectivity index (χ0v) is 19.1. The van der Waals surface area contributed by atoms with E-state index < -0.39 is 5.63 Å². The van der Waals surface area contributed by atoms with Crippen molar-refractivity contribution in [2.45, 2.75) is 51.7 Å². The Bertz CT molecular complexity index is 1200. The number of fused-ring (bicyclic) bond motifs is 3. The summed E-state index contributed by atoms with van der Waals surface area (Å²) in [6.07, 6.45) is 5.00. The van der Waals surface area contributed by atoms with Gasteiger partial charge in [0.05, 0.1) is 6.54 Å². The first-order valence-electron chi connectivity index (χ1n) is 11.9. The maximum absolute atomic E-state index is 13.3. The fraction of sp³-hybridized carbons (Fsp3) is 0.407. The van der Waals surface area contributed by atoms with Crippen LogP contribution in [0.3, 0.4) is 0 Å². The lowest BCUT2D eigenvalue weighted by Crippen LogP contribution is -2.48. The maximum Gasteiger partial charge on any atom is 0.360 e. The summed E-state index contributed by atoms with van der Waals surface area (Å²) in [5.41, 5.74) is 2.48. The van der Waals surface area contributed by atoms with Crippen LogP contribution in [0.4, 0.5) is 5.69 Å². The Hall–Kier alpha value is -3.12. The van der Waals surface area contributed by atoms with E-state index in [9.17, 15) is 9.59 Å². The number of carbonyl (C=O) groups is 1. The minimum atomic E-state index is -0.435. The maximum atomic E-state index is 13.3. The second-order valence-electron chi connectivity index (χ2n) is 9.11. The number of rotatable bonds is 5. The number of amides is 1. The number of hydrogen-bond donors (Lipinski definition) is 0. The molecule has 3 aromatic rings. The lowest BCUT2D eigenvalue weighted by atomic mass is 9.98. The third kappa shape index (κ3) is 4.53. The number of benzene rings is 2. The first kappa shape index (κ1) is 21.7. The lowest BCUT2D eigenvalue weighted by Gasteiger charge is -2.35. The zero-order valence-electron chi connectivity index (χ0n) is 19.1. The molecule has 5 rings (SSSR count). The van der Waals surface area contributed by atoms with Crippen LogP contribution in [0.25, 0.3) is 11.0 Å². The largest absolute Gasteiger partial charge is 0.489 e. The van der Waals surface area contributed by atoms with Gasteiger partial charge in [-0.3, -0.25) is 9.69 Å². The second kappa shape index (κ2) is 9.40. The highest BCUT2D eigenvalue weighted by Gasteiger charge is 2.30. The number of carbonyl (C=O) groups excluding carboxylic acids is 1. The van der Waals surface area contributed by atoms with E-state index in [0.29, 0.717) is 42.8 Å². The molecule has 0 radical (unpaired) electrons. The van der Waals surface area contributed by atoms with Gasteiger partial charge in [-0.1, -0.05) is 36.8 Å². The summed E-state index contributed by atoms with van der Waals surface area (Å²) in [5.74, 6) is 0.695. The smallest absolute Gasteiger partial charge is 0.360 e. The van der Waals surface area contributed by atoms with E-state index in [2.05, 4.69) is 11.8 Å². The van der Waals surface area contributed by atoms with Crippen molar-refractivity contribution in [1.82, 2.24) is 4.90 Å². The Morgan fingerprint density at radius 2 is 1.94 bits per heavy atom. The first-order valence-corrected chi connectivity index (χ1v) is 11.9. The number of anilines is 1. The quantitative estimate of drug-likeness (QED) is 0.539. The van der Waals surface area contributed by atoms with Crippen molar-refractivity contribution < 1.29 is 13.9 Å². The van der Waals surface area contributed by atoms with Gasteiger partial charge in [0.2, 0.25) is 5.91 Å². The topological polar surface area (TPSA) is 63.0 Å². The van der Waals surface area contributed by atoms with Crippen LogP contribution < -0.4 is 15.3 Å². The van der Waals surface area contributed by atoms with E-state index in [1.54, 1.807) is 11.0 Å². The SMILES string of the molecule is CC1CCCCN1CC(=O)N1CCCc2c1c(=O)oc1ccc(OCc3ccccc3)cc21. The molecule has 2 aliphatic heterocycles. The Morgan fingerprint density at radius 3 is 2.76 bits per heavy atom. The van der Waals surface area contributed by atoms with Crippen molar-refractivity contribution in [3.05, 3.63) is 70.1 Å². The Balaban J connectivity index is 1.43. The highest BCUT2D eigenvalue weighted by molar-refractivity contribution is 5.98. The fourth-order valence-corrected chi connectivity index (χ4v) is 5.02. The van der Waals surface area contributed by atoms with Gasteiger partial charge in [-0.15, -0.1) is 0 Å². The molecule has 1 amide bonds. The van der Waals surface area contributed by atoms with E-state index in [1.165, 1.54) is 6.42 Å². The van der Waals surface area contributed by atoms with Crippen LogP contribution in [0.1, 0.15) is 43.7 Å². The number of aryl methyl sites for hydroxylation is 1. The third-order valence-corrected chi connectivity index (χ3v) is 6.86. The highest BCUT2D eigenvalue weighted by Crippen LogP contribution is 2.33. The lowest BCUT2D eigenvalue weighted by molar-refractivity contribution is -0.120. The molecule has 0 aliphatic carbocycles. The molecule has 0 bridgehead atoms. The minimum absolute atomic E-state index is 0.0205. The van der Waals surface area contributed by atoms with Gasteiger partial charge in [-0.05, 0) is 68.5 Å². The summed E-state index contributed by atoms with van der Waals surface area (Å²) in [6.45, 7) is 4.47. The number of piperidine rings is 1. The summed E-state index contributed by atoms with van der Waals surface area (Å²) in [4.78, 5) is 30.1. The average molecular weight is 447 g/mol. The Labute approximate surface area is 193 Å². The molecule has 1 saturated heterocycles. The monoisotopic (exact) mass is 446 g/mol. The van der Waals surface area contributed by atoms with E-state index >= 15 is 0 Å². The van der Waals surface area contributed by atoms with Crippen molar-refractivity contribution in [2.24, 2.45) is 0 Å². The zero-order chi connectivity index (χ0) is 22.8. The van der Waals surface area contributed by atoms with Gasteiger partial charge in [-0.2, -0.15) is 0 Å². The van der Waals surface area contributed by atoms with Gasteiger partial charge in [0.1, 0.15) is 23.6 Å². The number of likely N-dealkylation sites (tertiary alicyclic amines) is 1. The van der Waals surface area contributed by atoms with Crippen molar-refractivity contribution in [2.75, 3.05) is 24.5 Å². The molecule has 2 aliphatic rings. The van der Waals surface area contributed by atoms with Crippen molar-refractivity contribution in [1.29, 1.82) is 0 Å². The Kier molecular flexibility index (Phi) is 6.18. The molecule has 2 aromatic carbocycles. The van der Waals surface area contributed by atoms with Crippen molar-refractivity contribution in [3.63, 3.8) is 0 Å². The predicted molar refractivity (Wildman–Crippen MR) is 129 cm³/mol. The molecule has 0 N–H and O–H groups in total. The minimum Gasteiger partial charge on any atom is -0.489 e. The summed E-state index contributed by atoms with van der Waals surface area (Å²) >= 11 is 0. The molecule has 0 saturated carbocycles. The molecule has 6 nitrogen and oxygen atoms in total. The average Bonchev–Trinajstić information content (AvgIpc) is 2.84. The van der Waals surface area contributed by atoms with E-state index in [1.807, 2.05) is 42.5 Å². The molecule has 1 fully saturated rings. The van der Waals surface area contributed by atoms with Crippen LogP contribution in [-0.2, 0) is 17.8 Å². The fourth-order valence-electron chi connectivity index (χ4n) is 5.02. The molecule has 33 heavy (non-hydrogen) atoms. The number of nitrogens with zero attached hydrogens (tertiary/aromatic N) is 2. The summed E-state index contributed by atoms with van der Waals surface area (Å²) in [6, 6.07) is 15.9. The molecule has 1 aromatic heterocycles. The molecule has 3 heterocycles. The van der Waals surface area contributed by atoms with E-state index in [0.717, 1.165) is 48.7 Å². The van der Waals surface area contributed by atoms with Gasteiger partial charge in [0, 0.05) is 18.0 Å². The third-order valence-electron chi connectivity index (χ3n) is 6.86. The van der Waals surface area contributed by atoms with Gasteiger partial charge in [-0.25, -0.2) is 4.79 Å². The summed E-state index contributed by atoms with van der Waals surface area (Å²) in [5, 5.41) is 0.846. The predicted octanol–water partition coefficient (Wildman–Crippen LogP) is 4.53. The molecular formula is C27H30N2O4. The standard InChI is InChI=1S/C27H30N2O4/c1-19-8-5-6-14-28(19)17-25(30)29-15-7-11-22-23-16-21(32-18-20-9-3-2-4-10-20)12-13-24(23)33-27(31)26(22)29/h2-4,9-10,12-13,16,19H,5-8,11,14-15,17-18H2,1H3. The summed E-state index contributed by atoms with van der Waals surface area (Å²) < 4.78 is 11.7. The van der Waals surface area contributed by atoms with Gasteiger partial charge in [0.25, 0.3) is 0 Å². The van der Waals surface area contributed by atoms with Gasteiger partial charge >= 0.3 is 5.63 Å². The molecule has 172 valence electrons. The van der Waals surface area contributed by atoms with Crippen LogP contribution >= 0.6 is 0 Å². The second-order valence-corrected chi connectivity index (χ2v) is 9.11. The molecule has 1 atom stereocenters. The number of hydrogen-bond acceptors (Lipinski definition) is 5. The van der Waals surface area contributed by atoms with Crippen LogP contribution in [0, 0.1) is 0 Å². The highest BCUT2D eigenvalue weighted by atomic mass is 16.5. The Morgan fingerprint density at radius 1 is 1.09 bits per heavy atom. The van der Waals surface area contributed by atoms with E-state index in [-0.39, 0.29) is 5.91 Å². The van der Waals surface area contributed by atoms with Crippen LogP contribution in [0.5, 0.6) is 5.75 Å². The number of ether oxygens (including phenoxy) is 1. The summed E-state index contributed by atoms with van der Waals surface area (Å²) in [7, 11) is 0. The van der Waals surface area contributed by atoms with Crippen LogP contribution in [0.15, 0.2) is 57.7 Å². The first-order chi connectivity index (χ1) is 16.1.